The van der Waals surface area contributed by atoms with Crippen LogP contribution in [-0.4, -0.2) is 35.8 Å². The third-order valence-electron chi connectivity index (χ3n) is 5.42. The zero-order valence-electron chi connectivity index (χ0n) is 14.3. The van der Waals surface area contributed by atoms with E-state index in [1.807, 2.05) is 37.3 Å². The van der Waals surface area contributed by atoms with Gasteiger partial charge in [-0.2, -0.15) is 0 Å². The monoisotopic (exact) mass is 338 g/mol. The van der Waals surface area contributed by atoms with Crippen molar-refractivity contribution in [1.82, 2.24) is 4.98 Å². The van der Waals surface area contributed by atoms with Crippen LogP contribution in [0.25, 0.3) is 11.3 Å². The molecule has 0 unspecified atom stereocenters. The summed E-state index contributed by atoms with van der Waals surface area (Å²) in [7, 11) is 0. The van der Waals surface area contributed by atoms with E-state index >= 15 is 0 Å². The fourth-order valence-electron chi connectivity index (χ4n) is 3.89. The number of aromatic hydroxyl groups is 1. The van der Waals surface area contributed by atoms with Crippen molar-refractivity contribution in [3.05, 3.63) is 42.5 Å². The van der Waals surface area contributed by atoms with Gasteiger partial charge in [0.2, 0.25) is 0 Å². The number of carbonyl (C=O) groups is 1. The zero-order valence-corrected chi connectivity index (χ0v) is 14.3. The third kappa shape index (κ3) is 2.73. The van der Waals surface area contributed by atoms with E-state index in [9.17, 15) is 9.90 Å². The van der Waals surface area contributed by atoms with E-state index in [1.54, 1.807) is 12.1 Å². The van der Waals surface area contributed by atoms with Crippen molar-refractivity contribution < 1.29 is 14.6 Å². The molecule has 5 nitrogen and oxygen atoms in total. The molecule has 25 heavy (non-hydrogen) atoms. The number of anilines is 1. The summed E-state index contributed by atoms with van der Waals surface area (Å²) in [6, 6.07) is 13.1. The van der Waals surface area contributed by atoms with Crippen LogP contribution in [-0.2, 0) is 9.53 Å². The topological polar surface area (TPSA) is 62.7 Å². The second-order valence-electron chi connectivity index (χ2n) is 6.87. The third-order valence-corrected chi connectivity index (χ3v) is 5.42. The first-order valence-corrected chi connectivity index (χ1v) is 8.81. The SMILES string of the molecule is CCOC(=O)[C@@]12CCN(c3cccc(-c4ccccc4O)n3)C[C@@H]1C2. The summed E-state index contributed by atoms with van der Waals surface area (Å²) in [6.45, 7) is 3.93. The number of phenols is 1. The number of hydrogen-bond acceptors (Lipinski definition) is 5. The lowest BCUT2D eigenvalue weighted by atomic mass is 9.95. The van der Waals surface area contributed by atoms with Crippen LogP contribution >= 0.6 is 0 Å². The molecule has 1 saturated heterocycles. The molecule has 1 saturated carbocycles. The van der Waals surface area contributed by atoms with E-state index in [4.69, 9.17) is 9.72 Å². The Kier molecular flexibility index (Phi) is 3.86. The molecular formula is C20H22N2O3. The Hall–Kier alpha value is -2.56. The Morgan fingerprint density at radius 2 is 2.16 bits per heavy atom. The molecule has 2 fully saturated rings. The number of benzene rings is 1. The average molecular weight is 338 g/mol. The fourth-order valence-corrected chi connectivity index (χ4v) is 3.89. The standard InChI is InChI=1S/C20H22N2O3/c1-2-25-19(24)20-10-11-22(13-14(20)12-20)18-9-5-7-16(21-18)15-6-3-4-8-17(15)23/h3-9,14,23H,2,10-13H2,1H3/t14-,20+/m0/s1. The number of hydrogen-bond donors (Lipinski definition) is 1. The average Bonchev–Trinajstić information content (AvgIpc) is 3.37. The second kappa shape index (κ2) is 6.06. The van der Waals surface area contributed by atoms with Crippen LogP contribution in [0.1, 0.15) is 19.8 Å². The Bertz CT molecular complexity index is 807. The van der Waals surface area contributed by atoms with Crippen LogP contribution in [0, 0.1) is 11.3 Å². The molecule has 4 rings (SSSR count). The highest BCUT2D eigenvalue weighted by atomic mass is 16.5. The van der Waals surface area contributed by atoms with Crippen molar-refractivity contribution in [3.8, 4) is 17.0 Å². The Balaban J connectivity index is 1.52. The largest absolute Gasteiger partial charge is 0.507 e. The number of esters is 1. The molecule has 1 N–H and O–H groups in total. The number of carbonyl (C=O) groups excluding carboxylic acids is 1. The van der Waals surface area contributed by atoms with E-state index in [0.717, 1.165) is 43.0 Å². The van der Waals surface area contributed by atoms with Crippen LogP contribution in [0.2, 0.25) is 0 Å². The minimum atomic E-state index is -0.248. The number of piperidine rings is 1. The molecule has 130 valence electrons. The number of ether oxygens (including phenoxy) is 1. The number of nitrogens with zero attached hydrogens (tertiary/aromatic N) is 2. The smallest absolute Gasteiger partial charge is 0.312 e. The van der Waals surface area contributed by atoms with Crippen LogP contribution in [0.15, 0.2) is 42.5 Å². The number of fused-ring (bicyclic) bond motifs is 1. The van der Waals surface area contributed by atoms with E-state index in [1.165, 1.54) is 0 Å². The predicted molar refractivity (Wildman–Crippen MR) is 95.3 cm³/mol. The van der Waals surface area contributed by atoms with Gasteiger partial charge in [0, 0.05) is 18.7 Å². The summed E-state index contributed by atoms with van der Waals surface area (Å²) in [5.41, 5.74) is 1.24. The Morgan fingerprint density at radius 1 is 1.32 bits per heavy atom. The predicted octanol–water partition coefficient (Wildman–Crippen LogP) is 3.23. The molecule has 2 aromatic rings. The van der Waals surface area contributed by atoms with Crippen molar-refractivity contribution in [2.45, 2.75) is 19.8 Å². The summed E-state index contributed by atoms with van der Waals surface area (Å²) in [4.78, 5) is 19.2. The molecule has 1 aromatic carbocycles. The summed E-state index contributed by atoms with van der Waals surface area (Å²) in [5, 5.41) is 10.1. The molecule has 1 aromatic heterocycles. The second-order valence-corrected chi connectivity index (χ2v) is 6.87. The summed E-state index contributed by atoms with van der Waals surface area (Å²) < 4.78 is 5.26. The van der Waals surface area contributed by atoms with E-state index in [-0.39, 0.29) is 17.1 Å². The van der Waals surface area contributed by atoms with Crippen molar-refractivity contribution in [1.29, 1.82) is 0 Å². The maximum absolute atomic E-state index is 12.2. The normalized spacial score (nSPS) is 24.5. The number of para-hydroxylation sites is 1. The number of pyridine rings is 1. The van der Waals surface area contributed by atoms with Gasteiger partial charge in [0.1, 0.15) is 11.6 Å². The number of aromatic nitrogens is 1. The molecule has 1 aliphatic carbocycles. The van der Waals surface area contributed by atoms with Gasteiger partial charge in [0.25, 0.3) is 0 Å². The molecule has 0 spiro atoms. The van der Waals surface area contributed by atoms with Crippen molar-refractivity contribution in [2.24, 2.45) is 11.3 Å². The van der Waals surface area contributed by atoms with Crippen molar-refractivity contribution in [2.75, 3.05) is 24.6 Å². The first kappa shape index (κ1) is 15.9. The molecule has 0 bridgehead atoms. The molecule has 5 heteroatoms. The lowest BCUT2D eigenvalue weighted by Gasteiger charge is -2.31. The summed E-state index contributed by atoms with van der Waals surface area (Å²) >= 11 is 0. The highest BCUT2D eigenvalue weighted by Gasteiger charge is 2.63. The van der Waals surface area contributed by atoms with Crippen LogP contribution in [0.5, 0.6) is 5.75 Å². The zero-order chi connectivity index (χ0) is 17.4. The molecule has 2 atom stereocenters. The Labute approximate surface area is 147 Å². The highest BCUT2D eigenvalue weighted by molar-refractivity contribution is 5.81. The first-order chi connectivity index (χ1) is 12.1. The van der Waals surface area contributed by atoms with Crippen LogP contribution in [0.3, 0.4) is 0 Å². The van der Waals surface area contributed by atoms with Gasteiger partial charge >= 0.3 is 5.97 Å². The van der Waals surface area contributed by atoms with Gasteiger partial charge in [-0.05, 0) is 49.9 Å². The Morgan fingerprint density at radius 3 is 2.92 bits per heavy atom. The van der Waals surface area contributed by atoms with Gasteiger partial charge < -0.3 is 14.7 Å². The number of rotatable bonds is 4. The van der Waals surface area contributed by atoms with E-state index in [0.29, 0.717) is 12.5 Å². The van der Waals surface area contributed by atoms with Crippen molar-refractivity contribution >= 4 is 11.8 Å². The maximum Gasteiger partial charge on any atom is 0.312 e. The number of phenolic OH excluding ortho intramolecular Hbond substituents is 1. The van der Waals surface area contributed by atoms with Gasteiger partial charge in [-0.25, -0.2) is 4.98 Å². The van der Waals surface area contributed by atoms with E-state index in [2.05, 4.69) is 4.90 Å². The molecule has 2 aliphatic rings. The maximum atomic E-state index is 12.2. The highest BCUT2D eigenvalue weighted by Crippen LogP contribution is 2.59. The summed E-state index contributed by atoms with van der Waals surface area (Å²) in [5.74, 6) is 1.45. The minimum absolute atomic E-state index is 0.0319. The lowest BCUT2D eigenvalue weighted by molar-refractivity contribution is -0.150. The van der Waals surface area contributed by atoms with Crippen molar-refractivity contribution in [3.63, 3.8) is 0 Å². The minimum Gasteiger partial charge on any atom is -0.507 e. The van der Waals surface area contributed by atoms with Gasteiger partial charge in [-0.1, -0.05) is 18.2 Å². The molecule has 0 amide bonds. The first-order valence-electron chi connectivity index (χ1n) is 8.81. The summed E-state index contributed by atoms with van der Waals surface area (Å²) in [6.07, 6.45) is 1.74. The van der Waals surface area contributed by atoms with E-state index < -0.39 is 0 Å². The lowest BCUT2D eigenvalue weighted by Crippen LogP contribution is -2.38. The quantitative estimate of drug-likeness (QED) is 0.867. The molecule has 1 aliphatic heterocycles. The fraction of sp³-hybridized carbons (Fsp3) is 0.400. The van der Waals surface area contributed by atoms with Gasteiger partial charge in [0.05, 0.1) is 17.7 Å². The van der Waals surface area contributed by atoms with Gasteiger partial charge in [0.15, 0.2) is 0 Å². The molecular weight excluding hydrogens is 316 g/mol. The van der Waals surface area contributed by atoms with Gasteiger partial charge in [-0.15, -0.1) is 0 Å². The van der Waals surface area contributed by atoms with Crippen LogP contribution in [0.4, 0.5) is 5.82 Å². The molecule has 2 heterocycles. The van der Waals surface area contributed by atoms with Crippen LogP contribution < -0.4 is 4.90 Å². The molecule has 0 radical (unpaired) electrons. The van der Waals surface area contributed by atoms with Gasteiger partial charge in [-0.3, -0.25) is 4.79 Å².